The van der Waals surface area contributed by atoms with Crippen LogP contribution >= 0.6 is 0 Å². The second-order valence-corrected chi connectivity index (χ2v) is 11.4. The van der Waals surface area contributed by atoms with Gasteiger partial charge in [-0.05, 0) is 31.0 Å². The van der Waals surface area contributed by atoms with Crippen LogP contribution in [0.1, 0.15) is 53.9 Å². The lowest BCUT2D eigenvalue weighted by molar-refractivity contribution is -0.123. The van der Waals surface area contributed by atoms with Crippen LogP contribution in [0.4, 0.5) is 0 Å². The second-order valence-electron chi connectivity index (χ2n) is 6.71. The molecule has 0 heterocycles. The average Bonchev–Trinajstić information content (AvgIpc) is 2.84. The van der Waals surface area contributed by atoms with Crippen molar-refractivity contribution in [1.29, 1.82) is 0 Å². The van der Waals surface area contributed by atoms with E-state index in [0.29, 0.717) is 5.78 Å². The number of rotatable bonds is 5. The molecule has 2 aliphatic rings. The van der Waals surface area contributed by atoms with E-state index in [1.165, 1.54) is 18.1 Å². The quantitative estimate of drug-likeness (QED) is 0.700. The normalized spacial score (nSPS) is 34.3. The summed E-state index contributed by atoms with van der Waals surface area (Å²) in [6.45, 7) is 11.3. The molecule has 2 saturated carbocycles. The van der Waals surface area contributed by atoms with Crippen LogP contribution in [0.15, 0.2) is 0 Å². The van der Waals surface area contributed by atoms with Gasteiger partial charge in [-0.1, -0.05) is 34.6 Å². The Morgan fingerprint density at radius 2 is 1.78 bits per heavy atom. The molecule has 0 unspecified atom stereocenters. The first-order chi connectivity index (χ1) is 8.39. The van der Waals surface area contributed by atoms with E-state index in [1.54, 1.807) is 0 Å². The van der Waals surface area contributed by atoms with Gasteiger partial charge < -0.3 is 4.43 Å². The molecule has 2 atom stereocenters. The molecule has 0 spiro atoms. The largest absolute Gasteiger partial charge is 0.410 e. The van der Waals surface area contributed by atoms with Crippen molar-refractivity contribution < 1.29 is 9.22 Å². The van der Waals surface area contributed by atoms with Crippen LogP contribution < -0.4 is 0 Å². The van der Waals surface area contributed by atoms with Crippen LogP contribution in [-0.2, 0) is 9.22 Å². The van der Waals surface area contributed by atoms with Crippen molar-refractivity contribution >= 4 is 14.1 Å². The summed E-state index contributed by atoms with van der Waals surface area (Å²) in [5.41, 5.74) is -0.00503. The van der Waals surface area contributed by atoms with E-state index in [-0.39, 0.29) is 16.9 Å². The van der Waals surface area contributed by atoms with Crippen molar-refractivity contribution in [3.8, 4) is 0 Å². The van der Waals surface area contributed by atoms with Crippen LogP contribution in [-0.4, -0.2) is 19.7 Å². The molecule has 104 valence electrons. The Balaban J connectivity index is 2.25. The Hall–Kier alpha value is -0.153. The number of Topliss-reactive ketones (excluding diaryl/α,β-unsaturated/α-hetero) is 1. The lowest BCUT2D eigenvalue weighted by atomic mass is 9.97. The van der Waals surface area contributed by atoms with Gasteiger partial charge in [0.2, 0.25) is 0 Å². The zero-order chi connectivity index (χ0) is 13.6. The van der Waals surface area contributed by atoms with Gasteiger partial charge in [-0.15, -0.1) is 0 Å². The van der Waals surface area contributed by atoms with E-state index in [1.807, 2.05) is 0 Å². The van der Waals surface area contributed by atoms with Crippen LogP contribution in [0.5, 0.6) is 0 Å². The number of carbonyl (C=O) groups excluding carboxylic acids is 1. The maximum atomic E-state index is 12.1. The summed E-state index contributed by atoms with van der Waals surface area (Å²) in [6.07, 6.45) is 2.91. The summed E-state index contributed by atoms with van der Waals surface area (Å²) in [4.78, 5) is 12.1. The Kier molecular flexibility index (Phi) is 3.52. The summed E-state index contributed by atoms with van der Waals surface area (Å²) in [6, 6.07) is 3.54. The SMILES string of the molecule is CC[Si](CC)(CC)O[C@@]12CCCC(=O)[C@@H]1C2(C)C. The summed E-state index contributed by atoms with van der Waals surface area (Å²) in [7, 11) is -1.61. The van der Waals surface area contributed by atoms with Gasteiger partial charge in [0.1, 0.15) is 5.78 Å². The number of fused-ring (bicyclic) bond motifs is 1. The predicted octanol–water partition coefficient (Wildman–Crippen LogP) is 4.16. The molecule has 2 rings (SSSR count). The zero-order valence-corrected chi connectivity index (χ0v) is 13.6. The van der Waals surface area contributed by atoms with Crippen molar-refractivity contribution in [2.24, 2.45) is 11.3 Å². The average molecular weight is 268 g/mol. The maximum Gasteiger partial charge on any atom is 0.192 e. The van der Waals surface area contributed by atoms with Gasteiger partial charge in [-0.3, -0.25) is 4.79 Å². The van der Waals surface area contributed by atoms with Gasteiger partial charge >= 0.3 is 0 Å². The molecular formula is C15H28O2Si. The molecule has 3 heteroatoms. The molecule has 0 saturated heterocycles. The molecule has 2 aliphatic carbocycles. The molecular weight excluding hydrogens is 240 g/mol. The van der Waals surface area contributed by atoms with Gasteiger partial charge in [0.15, 0.2) is 8.32 Å². The lowest BCUT2D eigenvalue weighted by Gasteiger charge is -2.36. The molecule has 0 aromatic carbocycles. The van der Waals surface area contributed by atoms with Crippen molar-refractivity contribution in [2.45, 2.75) is 77.6 Å². The lowest BCUT2D eigenvalue weighted by Crippen LogP contribution is -2.44. The Morgan fingerprint density at radius 3 is 2.28 bits per heavy atom. The van der Waals surface area contributed by atoms with E-state index in [2.05, 4.69) is 34.6 Å². The minimum atomic E-state index is -1.61. The fourth-order valence-electron chi connectivity index (χ4n) is 4.21. The predicted molar refractivity (Wildman–Crippen MR) is 77.1 cm³/mol. The fraction of sp³-hybridized carbons (Fsp3) is 0.933. The fourth-order valence-corrected chi connectivity index (χ4v) is 7.39. The third kappa shape index (κ3) is 1.74. The molecule has 0 aromatic rings. The maximum absolute atomic E-state index is 12.1. The van der Waals surface area contributed by atoms with Gasteiger partial charge in [0.05, 0.1) is 11.5 Å². The van der Waals surface area contributed by atoms with Gasteiger partial charge in [0, 0.05) is 11.8 Å². The van der Waals surface area contributed by atoms with Crippen molar-refractivity contribution in [3.63, 3.8) is 0 Å². The molecule has 0 radical (unpaired) electrons. The van der Waals surface area contributed by atoms with E-state index in [0.717, 1.165) is 19.3 Å². The van der Waals surface area contributed by atoms with E-state index in [9.17, 15) is 4.79 Å². The smallest absolute Gasteiger partial charge is 0.192 e. The minimum Gasteiger partial charge on any atom is -0.410 e. The number of carbonyl (C=O) groups is 1. The number of hydrogen-bond acceptors (Lipinski definition) is 2. The third-order valence-corrected chi connectivity index (χ3v) is 10.5. The standard InChI is InChI=1S/C15H28O2Si/c1-6-18(7-2,8-3)17-15-11-9-10-12(16)13(15)14(15,4)5/h13H,6-11H2,1-5H3/t13-,15+/m1/s1. The highest BCUT2D eigenvalue weighted by atomic mass is 28.4. The summed E-state index contributed by atoms with van der Waals surface area (Å²) < 4.78 is 6.79. The Labute approximate surface area is 113 Å². The summed E-state index contributed by atoms with van der Waals surface area (Å²) in [5, 5.41) is 0. The minimum absolute atomic E-state index is 0.0817. The van der Waals surface area contributed by atoms with Gasteiger partial charge in [0.25, 0.3) is 0 Å². The molecule has 2 nitrogen and oxygen atoms in total. The van der Waals surface area contributed by atoms with E-state index < -0.39 is 8.32 Å². The zero-order valence-electron chi connectivity index (χ0n) is 12.6. The monoisotopic (exact) mass is 268 g/mol. The van der Waals surface area contributed by atoms with Crippen LogP contribution in [0, 0.1) is 11.3 Å². The van der Waals surface area contributed by atoms with Crippen molar-refractivity contribution in [1.82, 2.24) is 0 Å². The first-order valence-corrected chi connectivity index (χ1v) is 10.1. The van der Waals surface area contributed by atoms with Crippen molar-refractivity contribution in [2.75, 3.05) is 0 Å². The third-order valence-electron chi connectivity index (χ3n) is 5.82. The molecule has 0 bridgehead atoms. The van der Waals surface area contributed by atoms with Crippen LogP contribution in [0.2, 0.25) is 18.1 Å². The van der Waals surface area contributed by atoms with E-state index >= 15 is 0 Å². The highest BCUT2D eigenvalue weighted by Crippen LogP contribution is 2.69. The highest BCUT2D eigenvalue weighted by Gasteiger charge is 2.76. The topological polar surface area (TPSA) is 26.3 Å². The number of hydrogen-bond donors (Lipinski definition) is 0. The van der Waals surface area contributed by atoms with Gasteiger partial charge in [-0.25, -0.2) is 0 Å². The molecule has 0 N–H and O–H groups in total. The van der Waals surface area contributed by atoms with Gasteiger partial charge in [-0.2, -0.15) is 0 Å². The van der Waals surface area contributed by atoms with Crippen LogP contribution in [0.25, 0.3) is 0 Å². The highest BCUT2D eigenvalue weighted by molar-refractivity contribution is 6.73. The summed E-state index contributed by atoms with van der Waals surface area (Å²) >= 11 is 0. The molecule has 0 aromatic heterocycles. The van der Waals surface area contributed by atoms with Crippen molar-refractivity contribution in [3.05, 3.63) is 0 Å². The van der Waals surface area contributed by atoms with E-state index in [4.69, 9.17) is 4.43 Å². The Bertz CT molecular complexity index is 338. The first-order valence-electron chi connectivity index (χ1n) is 7.62. The molecule has 0 aliphatic heterocycles. The van der Waals surface area contributed by atoms with Crippen LogP contribution in [0.3, 0.4) is 0 Å². The number of ketones is 1. The molecule has 2 fully saturated rings. The molecule has 18 heavy (non-hydrogen) atoms. The summed E-state index contributed by atoms with van der Waals surface area (Å²) in [5.74, 6) is 0.646. The second kappa shape index (κ2) is 4.45. The first kappa shape index (κ1) is 14.3. The Morgan fingerprint density at radius 1 is 1.22 bits per heavy atom. The molecule has 0 amide bonds.